The highest BCUT2D eigenvalue weighted by Crippen LogP contribution is 2.33. The second-order valence-corrected chi connectivity index (χ2v) is 10.2. The SMILES string of the molecule is Cc1cc(Nc2nccc(-c3ccc(S(=O)(=O)N4CCCCC4)s3)n2)ccc1O. The van der Waals surface area contributed by atoms with Crippen LogP contribution in [0.5, 0.6) is 5.75 Å². The normalized spacial score (nSPS) is 15.3. The van der Waals surface area contributed by atoms with Gasteiger partial charge in [-0.15, -0.1) is 11.3 Å². The van der Waals surface area contributed by atoms with E-state index in [1.165, 1.54) is 11.3 Å². The van der Waals surface area contributed by atoms with Gasteiger partial charge < -0.3 is 10.4 Å². The number of piperidine rings is 1. The zero-order valence-corrected chi connectivity index (χ0v) is 17.6. The average Bonchev–Trinajstić information content (AvgIpc) is 3.23. The Kier molecular flexibility index (Phi) is 5.53. The number of aryl methyl sites for hydroxylation is 1. The van der Waals surface area contributed by atoms with Crippen molar-refractivity contribution in [2.75, 3.05) is 18.4 Å². The molecule has 2 aromatic heterocycles. The summed E-state index contributed by atoms with van der Waals surface area (Å²) in [5.74, 6) is 0.632. The Balaban J connectivity index is 1.56. The third-order valence-corrected chi connectivity index (χ3v) is 8.33. The molecule has 0 atom stereocenters. The Hall–Kier alpha value is -2.49. The molecule has 4 rings (SSSR count). The second kappa shape index (κ2) is 8.10. The predicted octanol–water partition coefficient (Wildman–Crippen LogP) is 4.14. The number of hydrogen-bond donors (Lipinski definition) is 2. The molecule has 1 aliphatic rings. The van der Waals surface area contributed by atoms with E-state index in [0.29, 0.717) is 28.9 Å². The summed E-state index contributed by atoms with van der Waals surface area (Å²) in [5, 5.41) is 12.8. The number of aromatic hydroxyl groups is 1. The molecule has 3 heterocycles. The van der Waals surface area contributed by atoms with Gasteiger partial charge >= 0.3 is 0 Å². The molecule has 29 heavy (non-hydrogen) atoms. The van der Waals surface area contributed by atoms with Gasteiger partial charge in [-0.1, -0.05) is 6.42 Å². The van der Waals surface area contributed by atoms with Crippen LogP contribution < -0.4 is 5.32 Å². The van der Waals surface area contributed by atoms with Gasteiger partial charge in [0, 0.05) is 25.0 Å². The van der Waals surface area contributed by atoms with E-state index in [0.717, 1.165) is 35.4 Å². The topological polar surface area (TPSA) is 95.4 Å². The fourth-order valence-electron chi connectivity index (χ4n) is 3.25. The van der Waals surface area contributed by atoms with Crippen molar-refractivity contribution in [2.45, 2.75) is 30.4 Å². The highest BCUT2D eigenvalue weighted by atomic mass is 32.2. The molecule has 0 radical (unpaired) electrons. The third kappa shape index (κ3) is 4.26. The number of phenolic OH excluding ortho intramolecular Hbond substituents is 1. The number of nitrogens with zero attached hydrogens (tertiary/aromatic N) is 3. The summed E-state index contributed by atoms with van der Waals surface area (Å²) in [5.41, 5.74) is 2.16. The Bertz CT molecular complexity index is 1120. The van der Waals surface area contributed by atoms with Gasteiger partial charge in [-0.2, -0.15) is 4.31 Å². The van der Waals surface area contributed by atoms with Crippen LogP contribution >= 0.6 is 11.3 Å². The molecule has 152 valence electrons. The van der Waals surface area contributed by atoms with Crippen molar-refractivity contribution in [3.8, 4) is 16.3 Å². The number of phenols is 1. The summed E-state index contributed by atoms with van der Waals surface area (Å²) in [4.78, 5) is 9.52. The van der Waals surface area contributed by atoms with Crippen molar-refractivity contribution in [1.29, 1.82) is 0 Å². The van der Waals surface area contributed by atoms with Gasteiger partial charge in [0.15, 0.2) is 0 Å². The summed E-state index contributed by atoms with van der Waals surface area (Å²) in [6, 6.07) is 10.4. The first-order valence-corrected chi connectivity index (χ1v) is 11.7. The molecule has 0 unspecified atom stereocenters. The van der Waals surface area contributed by atoms with E-state index in [9.17, 15) is 13.5 Å². The summed E-state index contributed by atoms with van der Waals surface area (Å²) < 4.78 is 27.7. The third-order valence-electron chi connectivity index (χ3n) is 4.85. The number of aromatic nitrogens is 2. The van der Waals surface area contributed by atoms with E-state index in [4.69, 9.17) is 0 Å². The van der Waals surface area contributed by atoms with E-state index < -0.39 is 10.0 Å². The number of benzene rings is 1. The number of anilines is 2. The Morgan fingerprint density at radius 2 is 1.90 bits per heavy atom. The van der Waals surface area contributed by atoms with Gasteiger partial charge in [0.1, 0.15) is 9.96 Å². The average molecular weight is 431 g/mol. The lowest BCUT2D eigenvalue weighted by Crippen LogP contribution is -2.35. The minimum atomic E-state index is -3.45. The number of rotatable bonds is 5. The van der Waals surface area contributed by atoms with Gasteiger partial charge in [-0.25, -0.2) is 18.4 Å². The quantitative estimate of drug-likeness (QED) is 0.591. The number of sulfonamides is 1. The van der Waals surface area contributed by atoms with Crippen molar-refractivity contribution in [3.63, 3.8) is 0 Å². The molecule has 0 aliphatic carbocycles. The first-order valence-electron chi connectivity index (χ1n) is 9.43. The molecule has 1 aromatic carbocycles. The molecule has 2 N–H and O–H groups in total. The predicted molar refractivity (Wildman–Crippen MR) is 114 cm³/mol. The fourth-order valence-corrected chi connectivity index (χ4v) is 6.19. The largest absolute Gasteiger partial charge is 0.508 e. The van der Waals surface area contributed by atoms with Gasteiger partial charge in [-0.05, 0) is 61.7 Å². The van der Waals surface area contributed by atoms with Crippen LogP contribution in [-0.2, 0) is 10.0 Å². The van der Waals surface area contributed by atoms with Crippen LogP contribution in [0.3, 0.4) is 0 Å². The molecule has 1 saturated heterocycles. The summed E-state index contributed by atoms with van der Waals surface area (Å²) >= 11 is 1.23. The summed E-state index contributed by atoms with van der Waals surface area (Å²) in [6.45, 7) is 2.99. The Morgan fingerprint density at radius 3 is 2.66 bits per heavy atom. The van der Waals surface area contributed by atoms with Crippen LogP contribution in [0.4, 0.5) is 11.6 Å². The van der Waals surface area contributed by atoms with Gasteiger partial charge in [0.25, 0.3) is 10.0 Å². The minimum Gasteiger partial charge on any atom is -0.508 e. The van der Waals surface area contributed by atoms with Crippen molar-refractivity contribution in [2.24, 2.45) is 0 Å². The van der Waals surface area contributed by atoms with Gasteiger partial charge in [0.2, 0.25) is 5.95 Å². The molecular weight excluding hydrogens is 408 g/mol. The molecule has 7 nitrogen and oxygen atoms in total. The zero-order chi connectivity index (χ0) is 20.4. The van der Waals surface area contributed by atoms with Crippen molar-refractivity contribution in [3.05, 3.63) is 48.2 Å². The Morgan fingerprint density at radius 1 is 1.10 bits per heavy atom. The molecule has 1 aliphatic heterocycles. The van der Waals surface area contributed by atoms with Crippen molar-refractivity contribution >= 4 is 33.0 Å². The maximum absolute atomic E-state index is 12.9. The van der Waals surface area contributed by atoms with E-state index in [-0.39, 0.29) is 5.75 Å². The lowest BCUT2D eigenvalue weighted by molar-refractivity contribution is 0.347. The number of nitrogens with one attached hydrogen (secondary N) is 1. The summed E-state index contributed by atoms with van der Waals surface area (Å²) in [7, 11) is -3.45. The molecule has 0 amide bonds. The van der Waals surface area contributed by atoms with Crippen LogP contribution in [0.25, 0.3) is 10.6 Å². The molecule has 1 fully saturated rings. The van der Waals surface area contributed by atoms with Crippen LogP contribution in [-0.4, -0.2) is 40.9 Å². The first-order chi connectivity index (χ1) is 13.9. The van der Waals surface area contributed by atoms with Crippen LogP contribution in [0.2, 0.25) is 0 Å². The standard InChI is InChI=1S/C20H22N4O3S2/c1-14-13-15(5-6-17(14)25)22-20-21-10-9-16(23-20)18-7-8-19(28-18)29(26,27)24-11-3-2-4-12-24/h5-10,13,25H,2-4,11-12H2,1H3,(H,21,22,23). The maximum atomic E-state index is 12.9. The molecule has 0 saturated carbocycles. The smallest absolute Gasteiger partial charge is 0.252 e. The van der Waals surface area contributed by atoms with Crippen molar-refractivity contribution < 1.29 is 13.5 Å². The fraction of sp³-hybridized carbons (Fsp3) is 0.300. The number of thiophene rings is 1. The van der Waals surface area contributed by atoms with Gasteiger partial charge in [0.05, 0.1) is 10.6 Å². The Labute approximate surface area is 174 Å². The second-order valence-electron chi connectivity index (χ2n) is 6.98. The van der Waals surface area contributed by atoms with Crippen LogP contribution in [0, 0.1) is 6.92 Å². The first kappa shape index (κ1) is 19.8. The maximum Gasteiger partial charge on any atom is 0.252 e. The highest BCUT2D eigenvalue weighted by Gasteiger charge is 2.27. The lowest BCUT2D eigenvalue weighted by atomic mass is 10.2. The highest BCUT2D eigenvalue weighted by molar-refractivity contribution is 7.91. The van der Waals surface area contributed by atoms with Gasteiger partial charge in [-0.3, -0.25) is 0 Å². The van der Waals surface area contributed by atoms with Crippen LogP contribution in [0.1, 0.15) is 24.8 Å². The monoisotopic (exact) mass is 430 g/mol. The molecular formula is C20H22N4O3S2. The molecule has 0 spiro atoms. The van der Waals surface area contributed by atoms with Crippen LogP contribution in [0.15, 0.2) is 46.8 Å². The molecule has 9 heteroatoms. The van der Waals surface area contributed by atoms with Crippen molar-refractivity contribution in [1.82, 2.24) is 14.3 Å². The van der Waals surface area contributed by atoms with E-state index in [1.807, 2.05) is 6.92 Å². The van der Waals surface area contributed by atoms with E-state index in [1.54, 1.807) is 46.9 Å². The van der Waals surface area contributed by atoms with E-state index >= 15 is 0 Å². The molecule has 0 bridgehead atoms. The summed E-state index contributed by atoms with van der Waals surface area (Å²) in [6.07, 6.45) is 4.54. The molecule has 3 aromatic rings. The zero-order valence-electron chi connectivity index (χ0n) is 16.0. The van der Waals surface area contributed by atoms with E-state index in [2.05, 4.69) is 15.3 Å². The lowest BCUT2D eigenvalue weighted by Gasteiger charge is -2.25. The minimum absolute atomic E-state index is 0.228. The number of hydrogen-bond acceptors (Lipinski definition) is 7.